The van der Waals surface area contributed by atoms with Crippen molar-refractivity contribution in [2.75, 3.05) is 16.8 Å². The average molecular weight is 378 g/mol. The molecule has 0 atom stereocenters. The van der Waals surface area contributed by atoms with E-state index >= 15 is 0 Å². The molecule has 27 heavy (non-hydrogen) atoms. The summed E-state index contributed by atoms with van der Waals surface area (Å²) in [6.07, 6.45) is 2.64. The summed E-state index contributed by atoms with van der Waals surface area (Å²) in [5.74, 6) is 0.698. The normalized spacial score (nSPS) is 13.2. The second-order valence-corrected chi connectivity index (χ2v) is 7.12. The number of aromatic nitrogens is 1. The fourth-order valence-corrected chi connectivity index (χ4v) is 3.51. The first-order valence-corrected chi connectivity index (χ1v) is 9.34. The van der Waals surface area contributed by atoms with E-state index in [9.17, 15) is 4.79 Å². The van der Waals surface area contributed by atoms with Crippen molar-refractivity contribution in [1.29, 1.82) is 0 Å². The minimum Gasteiger partial charge on any atom is -0.352 e. The third kappa shape index (κ3) is 3.67. The van der Waals surface area contributed by atoms with Crippen LogP contribution in [-0.4, -0.2) is 17.4 Å². The third-order valence-electron chi connectivity index (χ3n) is 4.98. The Bertz CT molecular complexity index is 985. The van der Waals surface area contributed by atoms with Gasteiger partial charge in [-0.05, 0) is 54.3 Å². The van der Waals surface area contributed by atoms with Crippen LogP contribution in [0.25, 0.3) is 0 Å². The standard InChI is InChI=1S/C22H20ClN3O/c1-15-19(23)7-4-8-20(15)25-22(27)17-9-10-21(24-13-17)26-12-11-16-5-2-3-6-18(16)14-26/h2-10,13H,11-12,14H2,1H3,(H,25,27). The minimum absolute atomic E-state index is 0.191. The molecule has 0 unspecified atom stereocenters. The number of carbonyl (C=O) groups excluding carboxylic acids is 1. The number of amides is 1. The van der Waals surface area contributed by atoms with Crippen LogP contribution < -0.4 is 10.2 Å². The quantitative estimate of drug-likeness (QED) is 0.709. The number of anilines is 2. The number of benzene rings is 2. The Morgan fingerprint density at radius 1 is 1.07 bits per heavy atom. The maximum atomic E-state index is 12.5. The van der Waals surface area contributed by atoms with Gasteiger partial charge < -0.3 is 10.2 Å². The molecule has 1 N–H and O–H groups in total. The molecule has 4 rings (SSSR count). The summed E-state index contributed by atoms with van der Waals surface area (Å²) in [5.41, 5.74) is 4.83. The number of halogens is 1. The number of nitrogens with zero attached hydrogens (tertiary/aromatic N) is 2. The molecule has 0 saturated heterocycles. The molecule has 4 nitrogen and oxygen atoms in total. The van der Waals surface area contributed by atoms with Crippen molar-refractivity contribution in [2.24, 2.45) is 0 Å². The van der Waals surface area contributed by atoms with Crippen molar-refractivity contribution < 1.29 is 4.79 Å². The van der Waals surface area contributed by atoms with E-state index in [0.717, 1.165) is 30.9 Å². The van der Waals surface area contributed by atoms with E-state index in [2.05, 4.69) is 39.5 Å². The van der Waals surface area contributed by atoms with Crippen LogP contribution in [0.3, 0.4) is 0 Å². The summed E-state index contributed by atoms with van der Waals surface area (Å²) in [6.45, 7) is 3.65. The van der Waals surface area contributed by atoms with E-state index in [-0.39, 0.29) is 5.91 Å². The van der Waals surface area contributed by atoms with Crippen molar-refractivity contribution in [1.82, 2.24) is 4.98 Å². The van der Waals surface area contributed by atoms with Gasteiger partial charge in [-0.3, -0.25) is 4.79 Å². The molecule has 0 radical (unpaired) electrons. The van der Waals surface area contributed by atoms with E-state index in [1.807, 2.05) is 31.2 Å². The summed E-state index contributed by atoms with van der Waals surface area (Å²) in [7, 11) is 0. The van der Waals surface area contributed by atoms with Gasteiger partial charge in [0.05, 0.1) is 5.56 Å². The van der Waals surface area contributed by atoms with Gasteiger partial charge in [0, 0.05) is 30.0 Å². The van der Waals surface area contributed by atoms with Gasteiger partial charge >= 0.3 is 0 Å². The van der Waals surface area contributed by atoms with E-state index < -0.39 is 0 Å². The lowest BCUT2D eigenvalue weighted by Gasteiger charge is -2.29. The molecule has 1 aliphatic heterocycles. The number of rotatable bonds is 3. The molecule has 5 heteroatoms. The van der Waals surface area contributed by atoms with Crippen molar-refractivity contribution in [2.45, 2.75) is 19.9 Å². The van der Waals surface area contributed by atoms with Crippen molar-refractivity contribution in [3.05, 3.63) is 88.1 Å². The first kappa shape index (κ1) is 17.6. The highest BCUT2D eigenvalue weighted by molar-refractivity contribution is 6.31. The molecular formula is C22H20ClN3O. The number of fused-ring (bicyclic) bond motifs is 1. The first-order chi connectivity index (χ1) is 13.1. The maximum absolute atomic E-state index is 12.5. The van der Waals surface area contributed by atoms with Gasteiger partial charge in [-0.1, -0.05) is 41.9 Å². The molecule has 2 heterocycles. The Morgan fingerprint density at radius 3 is 2.67 bits per heavy atom. The zero-order valence-corrected chi connectivity index (χ0v) is 15.8. The summed E-state index contributed by atoms with van der Waals surface area (Å²) < 4.78 is 0. The van der Waals surface area contributed by atoms with Crippen molar-refractivity contribution >= 4 is 29.0 Å². The molecule has 0 bridgehead atoms. The molecule has 0 aliphatic carbocycles. The molecule has 0 spiro atoms. The van der Waals surface area contributed by atoms with Gasteiger partial charge in [-0.2, -0.15) is 0 Å². The molecule has 3 aromatic rings. The van der Waals surface area contributed by atoms with Gasteiger partial charge in [-0.15, -0.1) is 0 Å². The van der Waals surface area contributed by atoms with Crippen molar-refractivity contribution in [3.63, 3.8) is 0 Å². The Labute approximate surface area is 163 Å². The Balaban J connectivity index is 1.48. The first-order valence-electron chi connectivity index (χ1n) is 8.96. The van der Waals surface area contributed by atoms with Crippen LogP contribution in [0, 0.1) is 6.92 Å². The Hall–Kier alpha value is -2.85. The van der Waals surface area contributed by atoms with E-state index in [4.69, 9.17) is 11.6 Å². The van der Waals surface area contributed by atoms with Crippen LogP contribution in [0.2, 0.25) is 5.02 Å². The van der Waals surface area contributed by atoms with Gasteiger partial charge in [0.1, 0.15) is 5.82 Å². The smallest absolute Gasteiger partial charge is 0.257 e. The number of carbonyl (C=O) groups is 1. The van der Waals surface area contributed by atoms with Crippen LogP contribution in [0.4, 0.5) is 11.5 Å². The van der Waals surface area contributed by atoms with E-state index in [0.29, 0.717) is 16.3 Å². The lowest BCUT2D eigenvalue weighted by Crippen LogP contribution is -2.31. The number of pyridine rings is 1. The second kappa shape index (κ2) is 7.41. The van der Waals surface area contributed by atoms with Gasteiger partial charge in [0.2, 0.25) is 0 Å². The molecule has 136 valence electrons. The SMILES string of the molecule is Cc1c(Cl)cccc1NC(=O)c1ccc(N2CCc3ccccc3C2)nc1. The fraction of sp³-hybridized carbons (Fsp3) is 0.182. The molecular weight excluding hydrogens is 358 g/mol. The number of hydrogen-bond donors (Lipinski definition) is 1. The minimum atomic E-state index is -0.191. The maximum Gasteiger partial charge on any atom is 0.257 e. The number of nitrogens with one attached hydrogen (secondary N) is 1. The fourth-order valence-electron chi connectivity index (χ4n) is 3.34. The van der Waals surface area contributed by atoms with Crippen LogP contribution in [0.15, 0.2) is 60.8 Å². The van der Waals surface area contributed by atoms with Crippen LogP contribution in [0.1, 0.15) is 27.0 Å². The second-order valence-electron chi connectivity index (χ2n) is 6.71. The molecule has 1 aliphatic rings. The Kier molecular flexibility index (Phi) is 4.82. The van der Waals surface area contributed by atoms with Crippen LogP contribution in [0.5, 0.6) is 0 Å². The summed E-state index contributed by atoms with van der Waals surface area (Å²) >= 11 is 6.12. The zero-order valence-electron chi connectivity index (χ0n) is 15.1. The summed E-state index contributed by atoms with van der Waals surface area (Å²) in [6, 6.07) is 17.7. The highest BCUT2D eigenvalue weighted by Crippen LogP contribution is 2.25. The van der Waals surface area contributed by atoms with Gasteiger partial charge in [0.15, 0.2) is 0 Å². The highest BCUT2D eigenvalue weighted by Gasteiger charge is 2.17. The van der Waals surface area contributed by atoms with Gasteiger partial charge in [0.25, 0.3) is 5.91 Å². The monoisotopic (exact) mass is 377 g/mol. The lowest BCUT2D eigenvalue weighted by molar-refractivity contribution is 0.102. The zero-order chi connectivity index (χ0) is 18.8. The van der Waals surface area contributed by atoms with Gasteiger partial charge in [-0.25, -0.2) is 4.98 Å². The molecule has 2 aromatic carbocycles. The highest BCUT2D eigenvalue weighted by atomic mass is 35.5. The summed E-state index contributed by atoms with van der Waals surface area (Å²) in [4.78, 5) is 19.3. The lowest BCUT2D eigenvalue weighted by atomic mass is 10.00. The van der Waals surface area contributed by atoms with E-state index in [1.165, 1.54) is 11.1 Å². The number of hydrogen-bond acceptors (Lipinski definition) is 3. The molecule has 0 fully saturated rings. The topological polar surface area (TPSA) is 45.2 Å². The third-order valence-corrected chi connectivity index (χ3v) is 5.39. The molecule has 0 saturated carbocycles. The van der Waals surface area contributed by atoms with E-state index in [1.54, 1.807) is 12.3 Å². The van der Waals surface area contributed by atoms with Crippen LogP contribution in [-0.2, 0) is 13.0 Å². The molecule has 1 amide bonds. The average Bonchev–Trinajstić information content (AvgIpc) is 2.71. The largest absolute Gasteiger partial charge is 0.352 e. The van der Waals surface area contributed by atoms with Crippen LogP contribution >= 0.6 is 11.6 Å². The predicted molar refractivity (Wildman–Crippen MR) is 110 cm³/mol. The Morgan fingerprint density at radius 2 is 1.89 bits per heavy atom. The molecule has 1 aromatic heterocycles. The van der Waals surface area contributed by atoms with Crippen molar-refractivity contribution in [3.8, 4) is 0 Å². The summed E-state index contributed by atoms with van der Waals surface area (Å²) in [5, 5.41) is 3.53. The predicted octanol–water partition coefficient (Wildman–Crippen LogP) is 4.86.